The number of aromatic amines is 1. The Morgan fingerprint density at radius 3 is 2.11 bits per heavy atom. The van der Waals surface area contributed by atoms with E-state index in [9.17, 15) is 9.59 Å². The Morgan fingerprint density at radius 1 is 0.822 bits per heavy atom. The van der Waals surface area contributed by atoms with Crippen LogP contribution >= 0.6 is 0 Å². The first-order chi connectivity index (χ1) is 22.0. The van der Waals surface area contributed by atoms with Gasteiger partial charge in [-0.2, -0.15) is 0 Å². The van der Waals surface area contributed by atoms with Crippen molar-refractivity contribution in [1.82, 2.24) is 10.3 Å². The highest BCUT2D eigenvalue weighted by molar-refractivity contribution is 6.00. The summed E-state index contributed by atoms with van der Waals surface area (Å²) < 4.78 is 16.9. The molecule has 2 N–H and O–H groups in total. The second-order valence-electron chi connectivity index (χ2n) is 12.5. The summed E-state index contributed by atoms with van der Waals surface area (Å²) in [7, 11) is 1.58. The van der Waals surface area contributed by atoms with Crippen molar-refractivity contribution in [3.63, 3.8) is 0 Å². The topological polar surface area (TPSA) is 89.7 Å². The number of hydrogen-bond acceptors (Lipinski definition) is 6. The molecule has 0 saturated carbocycles. The Bertz CT molecular complexity index is 1350. The third kappa shape index (κ3) is 10.1. The lowest BCUT2D eigenvalue weighted by Crippen LogP contribution is -2.45. The van der Waals surface area contributed by atoms with Crippen LogP contribution < -0.4 is 14.8 Å². The van der Waals surface area contributed by atoms with Crippen LogP contribution in [-0.2, 0) is 16.0 Å². The lowest BCUT2D eigenvalue weighted by atomic mass is 9.93. The number of carbonyl (C=O) groups excluding carboxylic acids is 2. The Morgan fingerprint density at radius 2 is 1.47 bits per heavy atom. The molecular formula is C38H54N2O5. The summed E-state index contributed by atoms with van der Waals surface area (Å²) in [6.07, 6.45) is 19.3. The average molecular weight is 619 g/mol. The van der Waals surface area contributed by atoms with Crippen LogP contribution in [0.25, 0.3) is 10.9 Å². The Balaban J connectivity index is 1.21. The number of hydrogen-bond donors (Lipinski definition) is 2. The van der Waals surface area contributed by atoms with Crippen LogP contribution in [0.4, 0.5) is 0 Å². The summed E-state index contributed by atoms with van der Waals surface area (Å²) in [4.78, 5) is 30.0. The third-order valence-electron chi connectivity index (χ3n) is 9.06. The van der Waals surface area contributed by atoms with E-state index < -0.39 is 18.0 Å². The zero-order valence-corrected chi connectivity index (χ0v) is 27.8. The number of fused-ring (bicyclic) bond motifs is 3. The van der Waals surface area contributed by atoms with Crippen molar-refractivity contribution in [2.75, 3.05) is 13.7 Å². The predicted molar refractivity (Wildman–Crippen MR) is 181 cm³/mol. The number of carbonyl (C=O) groups is 2. The van der Waals surface area contributed by atoms with Crippen molar-refractivity contribution >= 4 is 22.8 Å². The van der Waals surface area contributed by atoms with Crippen molar-refractivity contribution in [3.8, 4) is 11.5 Å². The lowest BCUT2D eigenvalue weighted by molar-refractivity contribution is -0.140. The average Bonchev–Trinajstić information content (AvgIpc) is 3.44. The number of benzene rings is 2. The van der Waals surface area contributed by atoms with Gasteiger partial charge in [0.1, 0.15) is 23.1 Å². The number of para-hydroxylation sites is 1. The van der Waals surface area contributed by atoms with E-state index in [0.717, 1.165) is 41.4 Å². The highest BCUT2D eigenvalue weighted by Gasteiger charge is 2.34. The SMILES string of the molecule is CCCCCCCCCCCCCCCCOc1cc(OC)ccc1C(=O)OC(=O)[C@@H]1Cc2c([nH]c3ccccc23)[C@H](CC)N1. The number of unbranched alkanes of at least 4 members (excludes halogenated alkanes) is 13. The number of H-pyrrole nitrogens is 1. The number of aromatic nitrogens is 1. The second-order valence-corrected chi connectivity index (χ2v) is 12.5. The zero-order chi connectivity index (χ0) is 31.9. The number of ether oxygens (including phenoxy) is 3. The summed E-state index contributed by atoms with van der Waals surface area (Å²) in [6, 6.07) is 12.4. The van der Waals surface area contributed by atoms with Crippen LogP contribution in [0.15, 0.2) is 42.5 Å². The van der Waals surface area contributed by atoms with Gasteiger partial charge in [-0.3, -0.25) is 5.32 Å². The van der Waals surface area contributed by atoms with Gasteiger partial charge in [0.15, 0.2) is 0 Å². The number of esters is 2. The first kappa shape index (κ1) is 34.6. The third-order valence-corrected chi connectivity index (χ3v) is 9.06. The van der Waals surface area contributed by atoms with E-state index in [4.69, 9.17) is 14.2 Å². The minimum Gasteiger partial charge on any atom is -0.497 e. The van der Waals surface area contributed by atoms with Crippen LogP contribution in [0, 0.1) is 0 Å². The standard InChI is InChI=1S/C38H54N2O5/c1-4-6-7-8-9-10-11-12-13-14-15-16-17-20-25-44-35-26-28(43-3)23-24-30(35)37(41)45-38(42)34-27-31-29-21-18-19-22-33(29)40-36(31)32(5-2)39-34/h18-19,21-24,26,32,34,39-40H,4-17,20,25,27H2,1-3H3/t32-,34-/m0/s1. The van der Waals surface area contributed by atoms with E-state index in [1.54, 1.807) is 25.3 Å². The van der Waals surface area contributed by atoms with Crippen LogP contribution in [0.1, 0.15) is 138 Å². The molecule has 0 unspecified atom stereocenters. The molecule has 0 fully saturated rings. The molecule has 7 nitrogen and oxygen atoms in total. The molecule has 2 heterocycles. The van der Waals surface area contributed by atoms with Crippen molar-refractivity contribution in [1.29, 1.82) is 0 Å². The predicted octanol–water partition coefficient (Wildman–Crippen LogP) is 9.39. The van der Waals surface area contributed by atoms with E-state index in [0.29, 0.717) is 24.5 Å². The monoisotopic (exact) mass is 618 g/mol. The molecule has 45 heavy (non-hydrogen) atoms. The van der Waals surface area contributed by atoms with Gasteiger partial charge < -0.3 is 19.2 Å². The van der Waals surface area contributed by atoms with Crippen molar-refractivity contribution < 1.29 is 23.8 Å². The Labute approximate surface area is 269 Å². The molecule has 0 amide bonds. The molecular weight excluding hydrogens is 564 g/mol. The van der Waals surface area contributed by atoms with Gasteiger partial charge in [-0.1, -0.05) is 116 Å². The minimum atomic E-state index is -0.710. The molecule has 0 aliphatic carbocycles. The first-order valence-electron chi connectivity index (χ1n) is 17.5. The smallest absolute Gasteiger partial charge is 0.349 e. The number of rotatable bonds is 20. The quantitative estimate of drug-likeness (QED) is 0.0745. The summed E-state index contributed by atoms with van der Waals surface area (Å²) in [6.45, 7) is 4.83. The summed E-state index contributed by atoms with van der Waals surface area (Å²) >= 11 is 0. The first-order valence-corrected chi connectivity index (χ1v) is 17.5. The largest absolute Gasteiger partial charge is 0.497 e. The number of methoxy groups -OCH3 is 1. The minimum absolute atomic E-state index is 0.0289. The van der Waals surface area contributed by atoms with Crippen LogP contribution in [0.5, 0.6) is 11.5 Å². The van der Waals surface area contributed by atoms with Gasteiger partial charge in [0.05, 0.1) is 13.7 Å². The summed E-state index contributed by atoms with van der Waals surface area (Å²) in [5, 5.41) is 4.49. The Hall–Kier alpha value is -3.32. The molecule has 1 aromatic heterocycles. The van der Waals surface area contributed by atoms with Gasteiger partial charge >= 0.3 is 11.9 Å². The molecule has 0 radical (unpaired) electrons. The van der Waals surface area contributed by atoms with Gasteiger partial charge in [-0.05, 0) is 36.6 Å². The maximum Gasteiger partial charge on any atom is 0.349 e. The highest BCUT2D eigenvalue weighted by atomic mass is 16.6. The van der Waals surface area contributed by atoms with Crippen molar-refractivity contribution in [3.05, 3.63) is 59.3 Å². The van der Waals surface area contributed by atoms with E-state index >= 15 is 0 Å². The normalized spacial score (nSPS) is 16.0. The van der Waals surface area contributed by atoms with Gasteiger partial charge in [0.2, 0.25) is 0 Å². The molecule has 2 atom stereocenters. The second kappa shape index (κ2) is 18.6. The summed E-state index contributed by atoms with van der Waals surface area (Å²) in [5.41, 5.74) is 3.48. The van der Waals surface area contributed by atoms with E-state index in [-0.39, 0.29) is 11.6 Å². The maximum absolute atomic E-state index is 13.3. The van der Waals surface area contributed by atoms with E-state index in [2.05, 4.69) is 30.2 Å². The van der Waals surface area contributed by atoms with Gasteiger partial charge in [-0.25, -0.2) is 9.59 Å². The maximum atomic E-state index is 13.3. The van der Waals surface area contributed by atoms with Crippen molar-refractivity contribution in [2.24, 2.45) is 0 Å². The van der Waals surface area contributed by atoms with Crippen LogP contribution in [0.3, 0.4) is 0 Å². The fourth-order valence-electron chi connectivity index (χ4n) is 6.41. The van der Waals surface area contributed by atoms with Crippen LogP contribution in [0.2, 0.25) is 0 Å². The molecule has 1 aliphatic rings. The molecule has 2 aromatic carbocycles. The fourth-order valence-corrected chi connectivity index (χ4v) is 6.41. The fraction of sp³-hybridized carbons (Fsp3) is 0.579. The van der Waals surface area contributed by atoms with Gasteiger partial charge in [0.25, 0.3) is 0 Å². The number of nitrogens with one attached hydrogen (secondary N) is 2. The molecule has 0 saturated heterocycles. The zero-order valence-electron chi connectivity index (χ0n) is 27.8. The molecule has 0 bridgehead atoms. The molecule has 246 valence electrons. The van der Waals surface area contributed by atoms with E-state index in [1.807, 2.05) is 18.2 Å². The lowest BCUT2D eigenvalue weighted by Gasteiger charge is -2.29. The molecule has 3 aromatic rings. The van der Waals surface area contributed by atoms with Crippen molar-refractivity contribution in [2.45, 2.75) is 129 Å². The summed E-state index contributed by atoms with van der Waals surface area (Å²) in [5.74, 6) is -0.328. The van der Waals surface area contributed by atoms with E-state index in [1.165, 1.54) is 77.0 Å². The molecule has 0 spiro atoms. The highest BCUT2D eigenvalue weighted by Crippen LogP contribution is 2.34. The van der Waals surface area contributed by atoms with Gasteiger partial charge in [0, 0.05) is 35.1 Å². The van der Waals surface area contributed by atoms with Crippen LogP contribution in [-0.4, -0.2) is 36.7 Å². The molecule has 7 heteroatoms. The molecule has 1 aliphatic heterocycles. The Kier molecular flexibility index (Phi) is 14.3. The van der Waals surface area contributed by atoms with Gasteiger partial charge in [-0.15, -0.1) is 0 Å². The molecule has 4 rings (SSSR count).